The van der Waals surface area contributed by atoms with Crippen molar-refractivity contribution in [2.75, 3.05) is 37.6 Å². The molecule has 2 aliphatic heterocycles. The molecule has 4 rings (SSSR count). The van der Waals surface area contributed by atoms with Crippen molar-refractivity contribution in [2.24, 2.45) is 5.92 Å². The molecule has 2 saturated heterocycles. The van der Waals surface area contributed by atoms with Crippen molar-refractivity contribution in [1.82, 2.24) is 24.8 Å². The van der Waals surface area contributed by atoms with Gasteiger partial charge in [0.2, 0.25) is 11.8 Å². The van der Waals surface area contributed by atoms with E-state index >= 15 is 0 Å². The number of rotatable bonds is 6. The molecule has 0 saturated carbocycles. The maximum Gasteiger partial charge on any atom is 0.273 e. The minimum Gasteiger partial charge on any atom is -0.355 e. The molecule has 10 heteroatoms. The minimum atomic E-state index is -0.240. The van der Waals surface area contributed by atoms with Gasteiger partial charge in [0.15, 0.2) is 10.8 Å². The molecular formula is C21H30N6O3S. The number of nitrogens with zero attached hydrogens (tertiary/aromatic N) is 5. The molecule has 31 heavy (non-hydrogen) atoms. The van der Waals surface area contributed by atoms with E-state index in [1.807, 2.05) is 11.8 Å². The maximum atomic E-state index is 12.8. The predicted octanol–water partition coefficient (Wildman–Crippen LogP) is 1.61. The average molecular weight is 447 g/mol. The second-order valence-corrected chi connectivity index (χ2v) is 9.30. The lowest BCUT2D eigenvalue weighted by molar-refractivity contribution is -0.137. The molecule has 2 fully saturated rings. The molecule has 0 radical (unpaired) electrons. The van der Waals surface area contributed by atoms with Gasteiger partial charge in [-0.3, -0.25) is 19.0 Å². The Hall–Kier alpha value is -2.49. The Kier molecular flexibility index (Phi) is 6.84. The Morgan fingerprint density at radius 2 is 1.90 bits per heavy atom. The minimum absolute atomic E-state index is 0.0426. The lowest BCUT2D eigenvalue weighted by Crippen LogP contribution is -2.44. The Morgan fingerprint density at radius 3 is 2.61 bits per heavy atom. The highest BCUT2D eigenvalue weighted by molar-refractivity contribution is 7.22. The first-order valence-corrected chi connectivity index (χ1v) is 12.0. The van der Waals surface area contributed by atoms with Gasteiger partial charge in [0.25, 0.3) is 5.56 Å². The lowest BCUT2D eigenvalue weighted by atomic mass is 9.94. The van der Waals surface area contributed by atoms with Gasteiger partial charge >= 0.3 is 0 Å². The van der Waals surface area contributed by atoms with Crippen LogP contribution in [-0.4, -0.2) is 64.0 Å². The number of carbonyl (C=O) groups is 2. The number of hydrogen-bond acceptors (Lipinski definition) is 7. The molecule has 0 aliphatic carbocycles. The van der Waals surface area contributed by atoms with E-state index < -0.39 is 0 Å². The van der Waals surface area contributed by atoms with Crippen molar-refractivity contribution in [3.05, 3.63) is 16.7 Å². The molecule has 2 amide bonds. The van der Waals surface area contributed by atoms with E-state index in [1.54, 1.807) is 0 Å². The standard InChI is InChI=1S/C21H30N6O3S/c1-2-8-22-16(28)13-27-14-23-18-17(20(27)30)31-21(24-18)26-11-6-15(7-12-26)19(29)25-9-4-3-5-10-25/h14-15H,2-13H2,1H3,(H,22,28). The highest BCUT2D eigenvalue weighted by Crippen LogP contribution is 2.30. The van der Waals surface area contributed by atoms with Crippen LogP contribution in [0.2, 0.25) is 0 Å². The quantitative estimate of drug-likeness (QED) is 0.724. The second kappa shape index (κ2) is 9.76. The molecule has 0 spiro atoms. The lowest BCUT2D eigenvalue weighted by Gasteiger charge is -2.35. The highest BCUT2D eigenvalue weighted by Gasteiger charge is 2.30. The molecule has 1 N–H and O–H groups in total. The van der Waals surface area contributed by atoms with E-state index in [9.17, 15) is 14.4 Å². The number of piperidine rings is 2. The smallest absolute Gasteiger partial charge is 0.273 e. The molecule has 9 nitrogen and oxygen atoms in total. The number of aromatic nitrogens is 3. The third kappa shape index (κ3) is 4.89. The number of anilines is 1. The molecule has 4 heterocycles. The number of carbonyl (C=O) groups excluding carboxylic acids is 2. The van der Waals surface area contributed by atoms with E-state index in [2.05, 4.69) is 20.2 Å². The van der Waals surface area contributed by atoms with Crippen molar-refractivity contribution in [1.29, 1.82) is 0 Å². The molecule has 168 valence electrons. The number of likely N-dealkylation sites (tertiary alicyclic amines) is 1. The second-order valence-electron chi connectivity index (χ2n) is 8.32. The van der Waals surface area contributed by atoms with Crippen LogP contribution in [-0.2, 0) is 16.1 Å². The Bertz CT molecular complexity index is 989. The molecule has 2 aromatic heterocycles. The number of nitrogens with one attached hydrogen (secondary N) is 1. The van der Waals surface area contributed by atoms with Crippen molar-refractivity contribution in [3.63, 3.8) is 0 Å². The summed E-state index contributed by atoms with van der Waals surface area (Å²) >= 11 is 1.32. The predicted molar refractivity (Wildman–Crippen MR) is 120 cm³/mol. The molecule has 0 unspecified atom stereocenters. The van der Waals surface area contributed by atoms with Gasteiger partial charge in [-0.05, 0) is 38.5 Å². The first-order valence-electron chi connectivity index (χ1n) is 11.2. The van der Waals surface area contributed by atoms with Crippen molar-refractivity contribution >= 4 is 38.6 Å². The van der Waals surface area contributed by atoms with Crippen LogP contribution < -0.4 is 15.8 Å². The summed E-state index contributed by atoms with van der Waals surface area (Å²) < 4.78 is 1.80. The van der Waals surface area contributed by atoms with Gasteiger partial charge in [0.1, 0.15) is 17.6 Å². The summed E-state index contributed by atoms with van der Waals surface area (Å²) in [6, 6.07) is 0. The number of amides is 2. The van der Waals surface area contributed by atoms with Gasteiger partial charge in [-0.15, -0.1) is 0 Å². The van der Waals surface area contributed by atoms with Crippen molar-refractivity contribution in [2.45, 2.75) is 52.0 Å². The summed E-state index contributed by atoms with van der Waals surface area (Å²) in [4.78, 5) is 50.6. The Balaban J connectivity index is 1.41. The molecule has 0 aromatic carbocycles. The molecule has 0 bridgehead atoms. The SMILES string of the molecule is CCCNC(=O)Cn1cnc2nc(N3CCC(C(=O)N4CCCCC4)CC3)sc2c1=O. The van der Waals surface area contributed by atoms with Crippen LogP contribution >= 0.6 is 11.3 Å². The number of fused-ring (bicyclic) bond motifs is 1. The summed E-state index contributed by atoms with van der Waals surface area (Å²) in [7, 11) is 0. The van der Waals surface area contributed by atoms with Gasteiger partial charge in [-0.25, -0.2) is 4.98 Å². The Morgan fingerprint density at radius 1 is 1.16 bits per heavy atom. The van der Waals surface area contributed by atoms with Crippen LogP contribution in [0.5, 0.6) is 0 Å². The zero-order chi connectivity index (χ0) is 21.8. The summed E-state index contributed by atoms with van der Waals surface area (Å²) in [5.74, 6) is 0.186. The van der Waals surface area contributed by atoms with Gasteiger partial charge in [0, 0.05) is 38.6 Å². The van der Waals surface area contributed by atoms with Crippen molar-refractivity contribution in [3.8, 4) is 0 Å². The average Bonchev–Trinajstić information content (AvgIpc) is 3.25. The van der Waals surface area contributed by atoms with E-state index in [0.29, 0.717) is 22.8 Å². The number of hydrogen-bond donors (Lipinski definition) is 1. The summed E-state index contributed by atoms with van der Waals surface area (Å²) in [5.41, 5.74) is 0.178. The van der Waals surface area contributed by atoms with Crippen LogP contribution in [0.25, 0.3) is 10.3 Å². The normalized spacial score (nSPS) is 17.8. The molecule has 0 atom stereocenters. The molecular weight excluding hydrogens is 416 g/mol. The van der Waals surface area contributed by atoms with E-state index in [0.717, 1.165) is 63.4 Å². The van der Waals surface area contributed by atoms with Crippen LogP contribution in [0.4, 0.5) is 5.13 Å². The van der Waals surface area contributed by atoms with Crippen molar-refractivity contribution < 1.29 is 9.59 Å². The summed E-state index contributed by atoms with van der Waals surface area (Å²) in [6.07, 6.45) is 7.29. The van der Waals surface area contributed by atoms with Gasteiger partial charge < -0.3 is 15.1 Å². The van der Waals surface area contributed by atoms with Crippen LogP contribution in [0.3, 0.4) is 0 Å². The van der Waals surface area contributed by atoms with Gasteiger partial charge in [-0.2, -0.15) is 4.98 Å². The first-order chi connectivity index (χ1) is 15.1. The Labute approximate surface area is 185 Å². The third-order valence-electron chi connectivity index (χ3n) is 6.04. The van der Waals surface area contributed by atoms with Crippen LogP contribution in [0, 0.1) is 5.92 Å². The van der Waals surface area contributed by atoms with Crippen LogP contribution in [0.1, 0.15) is 45.4 Å². The van der Waals surface area contributed by atoms with E-state index in [-0.39, 0.29) is 23.9 Å². The molecule has 2 aromatic rings. The maximum absolute atomic E-state index is 12.8. The van der Waals surface area contributed by atoms with Crippen LogP contribution in [0.15, 0.2) is 11.1 Å². The first kappa shape index (κ1) is 21.7. The topological polar surface area (TPSA) is 100 Å². The van der Waals surface area contributed by atoms with E-state index in [4.69, 9.17) is 0 Å². The largest absolute Gasteiger partial charge is 0.355 e. The fraction of sp³-hybridized carbons (Fsp3) is 0.667. The molecule has 2 aliphatic rings. The third-order valence-corrected chi connectivity index (χ3v) is 7.13. The zero-order valence-electron chi connectivity index (χ0n) is 18.0. The summed E-state index contributed by atoms with van der Waals surface area (Å²) in [5, 5.41) is 3.53. The van der Waals surface area contributed by atoms with Gasteiger partial charge in [0.05, 0.1) is 0 Å². The fourth-order valence-corrected chi connectivity index (χ4v) is 5.27. The summed E-state index contributed by atoms with van der Waals surface area (Å²) in [6.45, 7) is 5.81. The number of thiazole rings is 1. The fourth-order valence-electron chi connectivity index (χ4n) is 4.25. The van der Waals surface area contributed by atoms with Gasteiger partial charge in [-0.1, -0.05) is 18.3 Å². The monoisotopic (exact) mass is 446 g/mol. The highest BCUT2D eigenvalue weighted by atomic mass is 32.1. The zero-order valence-corrected chi connectivity index (χ0v) is 18.8. The van der Waals surface area contributed by atoms with E-state index in [1.165, 1.54) is 28.7 Å².